The van der Waals surface area contributed by atoms with E-state index in [0.717, 1.165) is 22.4 Å². The number of benzene rings is 3. The minimum Gasteiger partial charge on any atom is -0.503 e. The molecule has 3 aromatic carbocycles. The molecule has 0 saturated heterocycles. The second-order valence-corrected chi connectivity index (χ2v) is 6.96. The monoisotopic (exact) mass is 413 g/mol. The van der Waals surface area contributed by atoms with Gasteiger partial charge in [0, 0.05) is 12.7 Å². The number of rotatable bonds is 6. The predicted octanol–water partition coefficient (Wildman–Crippen LogP) is 4.76. The number of aromatic carboxylic acids is 1. The Balaban J connectivity index is 1.62. The van der Waals surface area contributed by atoms with Crippen LogP contribution in [-0.2, 0) is 6.54 Å². The molecular weight excluding hydrogens is 394 g/mol. The van der Waals surface area contributed by atoms with Crippen LogP contribution in [0.5, 0.6) is 17.2 Å². The van der Waals surface area contributed by atoms with Crippen molar-refractivity contribution >= 4 is 5.97 Å². The van der Waals surface area contributed by atoms with Gasteiger partial charge < -0.3 is 19.5 Å². The van der Waals surface area contributed by atoms with Crippen molar-refractivity contribution in [2.75, 3.05) is 0 Å². The number of hydrogen-bond acceptors (Lipinski definition) is 4. The number of carboxylic acid groups (broad SMARTS) is 1. The topological polar surface area (TPSA) is 88.8 Å². The number of aromatic nitrogens is 1. The molecule has 0 amide bonds. The first-order valence-corrected chi connectivity index (χ1v) is 9.59. The van der Waals surface area contributed by atoms with E-state index in [-0.39, 0.29) is 6.54 Å². The lowest BCUT2D eigenvalue weighted by molar-refractivity contribution is 0.0694. The molecule has 6 heteroatoms. The molecule has 0 spiro atoms. The molecule has 4 aromatic rings. The van der Waals surface area contributed by atoms with Gasteiger partial charge in [-0.2, -0.15) is 0 Å². The molecule has 0 unspecified atom stereocenters. The highest BCUT2D eigenvalue weighted by atomic mass is 16.5. The van der Waals surface area contributed by atoms with E-state index >= 15 is 0 Å². The zero-order chi connectivity index (χ0) is 21.8. The summed E-state index contributed by atoms with van der Waals surface area (Å²) in [6.07, 6.45) is 2.47. The van der Waals surface area contributed by atoms with Crippen LogP contribution in [0.1, 0.15) is 15.9 Å². The van der Waals surface area contributed by atoms with Crippen LogP contribution in [0, 0.1) is 0 Å². The van der Waals surface area contributed by atoms with Crippen LogP contribution in [0.4, 0.5) is 0 Å². The molecule has 2 N–H and O–H groups in total. The van der Waals surface area contributed by atoms with Crippen molar-refractivity contribution in [1.82, 2.24) is 4.57 Å². The normalized spacial score (nSPS) is 10.6. The summed E-state index contributed by atoms with van der Waals surface area (Å²) in [7, 11) is 0. The number of pyridine rings is 1. The number of carboxylic acids is 1. The van der Waals surface area contributed by atoms with Crippen LogP contribution in [0.3, 0.4) is 0 Å². The molecule has 0 aliphatic rings. The fraction of sp³-hybridized carbons (Fsp3) is 0.0400. The van der Waals surface area contributed by atoms with E-state index in [0.29, 0.717) is 5.75 Å². The standard InChI is InChI=1S/C25H19NO5/c27-23-16-26(15-22(24(23)28)25(29)30)14-18-6-4-5-9-21(18)17-10-12-20(13-11-17)31-19-7-2-1-3-8-19/h1-13,15-16,27H,14H2,(H,29,30). The van der Waals surface area contributed by atoms with E-state index < -0.39 is 22.7 Å². The number of aromatic hydroxyl groups is 1. The Morgan fingerprint density at radius 3 is 2.19 bits per heavy atom. The van der Waals surface area contributed by atoms with E-state index in [9.17, 15) is 19.8 Å². The third-order valence-corrected chi connectivity index (χ3v) is 4.81. The maximum atomic E-state index is 11.8. The van der Waals surface area contributed by atoms with Crippen molar-refractivity contribution in [1.29, 1.82) is 0 Å². The maximum Gasteiger partial charge on any atom is 0.341 e. The van der Waals surface area contributed by atoms with Crippen molar-refractivity contribution in [3.05, 3.63) is 113 Å². The van der Waals surface area contributed by atoms with Gasteiger partial charge in [-0.05, 0) is 41.0 Å². The van der Waals surface area contributed by atoms with Gasteiger partial charge in [0.25, 0.3) is 0 Å². The fourth-order valence-corrected chi connectivity index (χ4v) is 3.32. The summed E-state index contributed by atoms with van der Waals surface area (Å²) in [6, 6.07) is 24.8. The van der Waals surface area contributed by atoms with Gasteiger partial charge >= 0.3 is 5.97 Å². The van der Waals surface area contributed by atoms with Crippen molar-refractivity contribution in [3.8, 4) is 28.4 Å². The number of para-hydroxylation sites is 1. The van der Waals surface area contributed by atoms with Gasteiger partial charge in [0.1, 0.15) is 17.1 Å². The third-order valence-electron chi connectivity index (χ3n) is 4.81. The van der Waals surface area contributed by atoms with Crippen LogP contribution in [0.25, 0.3) is 11.1 Å². The lowest BCUT2D eigenvalue weighted by atomic mass is 9.99. The molecule has 4 rings (SSSR count). The van der Waals surface area contributed by atoms with Gasteiger partial charge in [-0.1, -0.05) is 54.6 Å². The summed E-state index contributed by atoms with van der Waals surface area (Å²) in [5.41, 5.74) is 1.44. The Morgan fingerprint density at radius 2 is 1.48 bits per heavy atom. The molecule has 154 valence electrons. The Bertz CT molecular complexity index is 1280. The smallest absolute Gasteiger partial charge is 0.341 e. The highest BCUT2D eigenvalue weighted by Gasteiger charge is 2.14. The zero-order valence-electron chi connectivity index (χ0n) is 16.4. The molecule has 6 nitrogen and oxygen atoms in total. The van der Waals surface area contributed by atoms with E-state index in [1.54, 1.807) is 0 Å². The molecule has 0 aliphatic heterocycles. The second kappa shape index (κ2) is 8.59. The van der Waals surface area contributed by atoms with Gasteiger partial charge in [-0.25, -0.2) is 4.79 Å². The molecule has 1 heterocycles. The van der Waals surface area contributed by atoms with Crippen molar-refractivity contribution in [2.24, 2.45) is 0 Å². The summed E-state index contributed by atoms with van der Waals surface area (Å²) >= 11 is 0. The van der Waals surface area contributed by atoms with E-state index in [2.05, 4.69) is 0 Å². The van der Waals surface area contributed by atoms with Crippen LogP contribution in [-0.4, -0.2) is 20.7 Å². The Morgan fingerprint density at radius 1 is 0.839 bits per heavy atom. The first-order valence-electron chi connectivity index (χ1n) is 9.59. The minimum atomic E-state index is -1.38. The maximum absolute atomic E-state index is 11.8. The van der Waals surface area contributed by atoms with Crippen molar-refractivity contribution in [2.45, 2.75) is 6.54 Å². The number of nitrogens with zero attached hydrogens (tertiary/aromatic N) is 1. The van der Waals surface area contributed by atoms with E-state index in [4.69, 9.17) is 4.74 Å². The second-order valence-electron chi connectivity index (χ2n) is 6.96. The first-order chi connectivity index (χ1) is 15.0. The third kappa shape index (κ3) is 4.48. The summed E-state index contributed by atoms with van der Waals surface area (Å²) in [5, 5.41) is 19.0. The Hall–Kier alpha value is -4.32. The lowest BCUT2D eigenvalue weighted by Gasteiger charge is -2.13. The molecule has 31 heavy (non-hydrogen) atoms. The van der Waals surface area contributed by atoms with Crippen LogP contribution >= 0.6 is 0 Å². The quantitative estimate of drug-likeness (QED) is 0.476. The summed E-state index contributed by atoms with van der Waals surface area (Å²) < 4.78 is 7.33. The highest BCUT2D eigenvalue weighted by molar-refractivity contribution is 5.87. The first kappa shape index (κ1) is 20.0. The summed E-state index contributed by atoms with van der Waals surface area (Å²) in [5.74, 6) is -0.511. The molecule has 0 radical (unpaired) electrons. The van der Waals surface area contributed by atoms with Crippen LogP contribution in [0.15, 0.2) is 96.1 Å². The summed E-state index contributed by atoms with van der Waals surface area (Å²) in [4.78, 5) is 23.1. The highest BCUT2D eigenvalue weighted by Crippen LogP contribution is 2.28. The fourth-order valence-electron chi connectivity index (χ4n) is 3.32. The van der Waals surface area contributed by atoms with Crippen molar-refractivity contribution in [3.63, 3.8) is 0 Å². The predicted molar refractivity (Wildman–Crippen MR) is 117 cm³/mol. The largest absolute Gasteiger partial charge is 0.503 e. The van der Waals surface area contributed by atoms with E-state index in [1.807, 2.05) is 78.9 Å². The molecule has 0 bridgehead atoms. The SMILES string of the molecule is O=C(O)c1cn(Cc2ccccc2-c2ccc(Oc3ccccc3)cc2)cc(O)c1=O. The minimum absolute atomic E-state index is 0.284. The zero-order valence-corrected chi connectivity index (χ0v) is 16.4. The lowest BCUT2D eigenvalue weighted by Crippen LogP contribution is -2.17. The molecular formula is C25H19NO5. The van der Waals surface area contributed by atoms with E-state index in [1.165, 1.54) is 17.0 Å². The molecule has 0 atom stereocenters. The summed E-state index contributed by atoms with van der Waals surface area (Å²) in [6.45, 7) is 0.284. The molecule has 1 aromatic heterocycles. The average molecular weight is 413 g/mol. The average Bonchev–Trinajstić information content (AvgIpc) is 2.78. The van der Waals surface area contributed by atoms with Crippen molar-refractivity contribution < 1.29 is 19.7 Å². The number of ether oxygens (including phenoxy) is 1. The molecule has 0 aliphatic carbocycles. The molecule has 0 saturated carbocycles. The van der Waals surface area contributed by atoms with Gasteiger partial charge in [-0.3, -0.25) is 4.79 Å². The van der Waals surface area contributed by atoms with Gasteiger partial charge in [0.2, 0.25) is 5.43 Å². The number of carbonyl (C=O) groups is 1. The number of hydrogen-bond donors (Lipinski definition) is 2. The van der Waals surface area contributed by atoms with Gasteiger partial charge in [-0.15, -0.1) is 0 Å². The van der Waals surface area contributed by atoms with Gasteiger partial charge in [0.15, 0.2) is 5.75 Å². The van der Waals surface area contributed by atoms with Gasteiger partial charge in [0.05, 0.1) is 6.20 Å². The molecule has 0 fully saturated rings. The Kier molecular flexibility index (Phi) is 5.53. The Labute approximate surface area is 178 Å². The van der Waals surface area contributed by atoms with Crippen LogP contribution < -0.4 is 10.2 Å². The van der Waals surface area contributed by atoms with Crippen LogP contribution in [0.2, 0.25) is 0 Å².